The summed E-state index contributed by atoms with van der Waals surface area (Å²) in [6.07, 6.45) is 10.3. The molecule has 6 aromatic rings. The fourth-order valence-electron chi connectivity index (χ4n) is 7.52. The molecule has 0 amide bonds. The number of aliphatic imine (C=N–C) groups is 4. The molecular weight excluding hydrogens is 738 g/mol. The minimum Gasteiger partial charge on any atom is -0.373 e. The van der Waals surface area contributed by atoms with Crippen LogP contribution in [0.4, 0.5) is 11.6 Å². The number of phosphoric ester groups is 1. The Hall–Kier alpha value is -6.00. The number of benzene rings is 4. The molecule has 14 heteroatoms. The smallest absolute Gasteiger partial charge is 0.373 e. The summed E-state index contributed by atoms with van der Waals surface area (Å²) in [5.74, 6) is 8.01. The van der Waals surface area contributed by atoms with Gasteiger partial charge in [0.15, 0.2) is 23.3 Å². The lowest BCUT2D eigenvalue weighted by molar-refractivity contribution is 0.0926. The molecule has 6 bridgehead atoms. The molecule has 0 saturated heterocycles. The van der Waals surface area contributed by atoms with Crippen molar-refractivity contribution in [2.75, 3.05) is 0 Å². The molecule has 4 aromatic carbocycles. The molecule has 2 atom stereocenters. The maximum absolute atomic E-state index is 15.4. The zero-order chi connectivity index (χ0) is 38.1. The van der Waals surface area contributed by atoms with E-state index in [2.05, 4.69) is 11.8 Å². The summed E-state index contributed by atoms with van der Waals surface area (Å²) in [7, 11) is -4.53. The van der Waals surface area contributed by atoms with Crippen LogP contribution < -0.4 is 11.0 Å². The number of aromatic nitrogens is 2. The summed E-state index contributed by atoms with van der Waals surface area (Å²) in [6, 6.07) is 31.4. The van der Waals surface area contributed by atoms with Crippen LogP contribution in [-0.2, 0) is 17.2 Å². The van der Waals surface area contributed by atoms with Crippen LogP contribution in [-0.4, -0.2) is 57.6 Å². The van der Waals surface area contributed by atoms with E-state index in [9.17, 15) is 0 Å². The molecule has 6 heterocycles. The summed E-state index contributed by atoms with van der Waals surface area (Å²) in [6.45, 7) is 3.45. The second kappa shape index (κ2) is 13.3. The number of phosphoric acid groups is 1. The fraction of sp³-hybridized carbons (Fsp3) is 0.143. The van der Waals surface area contributed by atoms with E-state index in [0.717, 1.165) is 43.8 Å². The van der Waals surface area contributed by atoms with E-state index in [1.54, 1.807) is 13.8 Å². The maximum Gasteiger partial charge on any atom is 0.818 e. The molecule has 0 fully saturated rings. The first-order chi connectivity index (χ1) is 27.3. The average Bonchev–Trinajstić information content (AvgIpc) is 3.90. The van der Waals surface area contributed by atoms with Crippen molar-refractivity contribution in [3.8, 4) is 24.7 Å². The molecule has 10 rings (SSSR count). The van der Waals surface area contributed by atoms with Crippen LogP contribution >= 0.6 is 7.82 Å². The third kappa shape index (κ3) is 5.49. The minimum absolute atomic E-state index is 0.155. The molecule has 4 aliphatic heterocycles. The predicted octanol–water partition coefficient (Wildman–Crippen LogP) is 6.90. The number of hydrogen-bond donors (Lipinski definition) is 0. The lowest BCUT2D eigenvalue weighted by Gasteiger charge is -2.27. The molecule has 2 unspecified atom stereocenters. The van der Waals surface area contributed by atoms with Gasteiger partial charge in [0.2, 0.25) is 0 Å². The van der Waals surface area contributed by atoms with E-state index in [1.165, 1.54) is 0 Å². The molecule has 0 radical (unpaired) electrons. The first-order valence-corrected chi connectivity index (χ1v) is 21.1. The lowest BCUT2D eigenvalue weighted by Crippen LogP contribution is -2.48. The largest absolute Gasteiger partial charge is 0.818 e. The van der Waals surface area contributed by atoms with Gasteiger partial charge >= 0.3 is 22.7 Å². The van der Waals surface area contributed by atoms with E-state index in [4.69, 9.17) is 55.4 Å². The molecule has 270 valence electrons. The van der Waals surface area contributed by atoms with E-state index in [-0.39, 0.29) is 12.8 Å². The van der Waals surface area contributed by atoms with Crippen LogP contribution in [0.3, 0.4) is 0 Å². The standard InChI is InChI=1S/C32H16N8.C10H15O4P.Al/c1-2-10-18-17(9-1)25-33-26(18)38-28-21-13-5-6-14-22(21)30(35-28)40-32-24-16-8-7-15-23(24)31(36-32)39-29-20-12-4-3-11-19(20)27(34-29)37-25;1-5-7-9(3)13-15(11,12)14-10(4)8-6-2;/h1-16H;1-2,9-10H,7-8H2,3-4H3,(H,11,12);/q-2;;+3/p-1. The zero-order valence-electron chi connectivity index (χ0n) is 30.2. The summed E-state index contributed by atoms with van der Waals surface area (Å²) < 4.78 is 38.7. The molecular formula is C42H30AlN8O4P. The lowest BCUT2D eigenvalue weighted by atomic mass is 10.1. The Morgan fingerprint density at radius 2 is 0.946 bits per heavy atom. The zero-order valence-corrected chi connectivity index (χ0v) is 32.2. The second-order valence-corrected chi connectivity index (χ2v) is 17.6. The molecule has 12 nitrogen and oxygen atoms in total. The van der Waals surface area contributed by atoms with Crippen LogP contribution in [0.25, 0.3) is 21.5 Å². The van der Waals surface area contributed by atoms with Crippen LogP contribution in [0.1, 0.15) is 48.9 Å². The average molecular weight is 769 g/mol. The number of fused-ring (bicyclic) bond motifs is 14. The molecule has 0 saturated carbocycles. The van der Waals surface area contributed by atoms with Crippen LogP contribution in [0.2, 0.25) is 0 Å². The van der Waals surface area contributed by atoms with Gasteiger partial charge in [-0.1, -0.05) is 97.1 Å². The van der Waals surface area contributed by atoms with E-state index in [0.29, 0.717) is 46.0 Å². The van der Waals surface area contributed by atoms with Crippen molar-refractivity contribution in [3.05, 3.63) is 130 Å². The van der Waals surface area contributed by atoms with E-state index >= 15 is 4.57 Å². The highest BCUT2D eigenvalue weighted by atomic mass is 31.2. The van der Waals surface area contributed by atoms with Crippen molar-refractivity contribution < 1.29 is 17.2 Å². The number of hydrogen-bond acceptors (Lipinski definition) is 10. The van der Waals surface area contributed by atoms with Gasteiger partial charge in [-0.15, -0.1) is 24.7 Å². The Morgan fingerprint density at radius 1 is 0.571 bits per heavy atom. The third-order valence-corrected chi connectivity index (χ3v) is 14.8. The summed E-state index contributed by atoms with van der Waals surface area (Å²) in [5, 5.41) is 3.07. The van der Waals surface area contributed by atoms with Gasteiger partial charge < -0.3 is 10.7 Å². The van der Waals surface area contributed by atoms with Crippen molar-refractivity contribution in [2.45, 2.75) is 38.9 Å². The Morgan fingerprint density at radius 3 is 1.36 bits per heavy atom. The summed E-state index contributed by atoms with van der Waals surface area (Å²) in [4.78, 5) is 31.3. The van der Waals surface area contributed by atoms with Crippen LogP contribution in [0.15, 0.2) is 127 Å². The van der Waals surface area contributed by atoms with Gasteiger partial charge in [0, 0.05) is 56.6 Å². The van der Waals surface area contributed by atoms with Gasteiger partial charge in [-0.05, 0) is 13.8 Å². The number of rotatable bonds is 8. The second-order valence-electron chi connectivity index (χ2n) is 13.7. The van der Waals surface area contributed by atoms with Gasteiger partial charge in [0.1, 0.15) is 22.6 Å². The highest BCUT2D eigenvalue weighted by Crippen LogP contribution is 2.54. The van der Waals surface area contributed by atoms with Crippen LogP contribution in [0.5, 0.6) is 0 Å². The first kappa shape index (κ1) is 34.5. The Bertz CT molecular complexity index is 2900. The van der Waals surface area contributed by atoms with Gasteiger partial charge in [-0.3, -0.25) is 9.05 Å². The first-order valence-electron chi connectivity index (χ1n) is 18.1. The van der Waals surface area contributed by atoms with Gasteiger partial charge in [0.05, 0.1) is 12.2 Å². The van der Waals surface area contributed by atoms with Crippen molar-refractivity contribution in [1.82, 2.24) is 7.10 Å². The Labute approximate surface area is 326 Å². The number of amidine groups is 4. The van der Waals surface area contributed by atoms with E-state index < -0.39 is 35.0 Å². The quantitative estimate of drug-likeness (QED) is 0.0948. The maximum atomic E-state index is 15.4. The van der Waals surface area contributed by atoms with Crippen molar-refractivity contribution in [1.29, 1.82) is 0 Å². The van der Waals surface area contributed by atoms with Gasteiger partial charge in [0.25, 0.3) is 0 Å². The van der Waals surface area contributed by atoms with Crippen molar-refractivity contribution >= 4 is 79.3 Å². The molecule has 0 spiro atoms. The Kier molecular flexibility index (Phi) is 8.22. The minimum atomic E-state index is -4.53. The fourth-order valence-corrected chi connectivity index (χ4v) is 12.5. The normalized spacial score (nSPS) is 16.8. The molecule has 0 aliphatic carbocycles. The molecule has 2 aromatic heterocycles. The SMILES string of the molecule is C#CCC(C)OP(=O)(OC(C)CC#C)[O][Al]1[n]2c3c4ccccc4c2N=C2N=C(N=c4c5ccccc5c([n]41)=NC1=NC(=N3)c3ccccc31)c1ccccc12. The summed E-state index contributed by atoms with van der Waals surface area (Å²) >= 11 is -3.61. The number of terminal acetylenes is 2. The predicted molar refractivity (Wildman–Crippen MR) is 218 cm³/mol. The monoisotopic (exact) mass is 768 g/mol. The van der Waals surface area contributed by atoms with Crippen molar-refractivity contribution in [3.63, 3.8) is 0 Å². The molecule has 4 aliphatic rings. The van der Waals surface area contributed by atoms with Gasteiger partial charge in [-0.2, -0.15) is 0 Å². The van der Waals surface area contributed by atoms with Gasteiger partial charge in [-0.25, -0.2) is 34.5 Å². The number of nitrogens with zero attached hydrogens (tertiary/aromatic N) is 8. The third-order valence-electron chi connectivity index (χ3n) is 9.91. The molecule has 56 heavy (non-hydrogen) atoms. The van der Waals surface area contributed by atoms with E-state index in [1.807, 2.05) is 104 Å². The highest BCUT2D eigenvalue weighted by molar-refractivity contribution is 7.50. The van der Waals surface area contributed by atoms with Crippen LogP contribution in [0, 0.1) is 24.7 Å². The highest BCUT2D eigenvalue weighted by Gasteiger charge is 2.49. The van der Waals surface area contributed by atoms with Crippen molar-refractivity contribution in [2.24, 2.45) is 30.0 Å². The Balaban J connectivity index is 1.40. The topological polar surface area (TPSA) is 129 Å². The summed E-state index contributed by atoms with van der Waals surface area (Å²) in [5.41, 5.74) is 4.23. The molecule has 0 N–H and O–H groups in total.